The smallest absolute Gasteiger partial charge is 0.331 e. The van der Waals surface area contributed by atoms with Crippen molar-refractivity contribution in [3.63, 3.8) is 0 Å². The van der Waals surface area contributed by atoms with E-state index in [1.807, 2.05) is 24.3 Å². The Hall–Kier alpha value is -2.10. The van der Waals surface area contributed by atoms with Gasteiger partial charge in [-0.25, -0.2) is 4.79 Å². The van der Waals surface area contributed by atoms with E-state index in [0.29, 0.717) is 5.92 Å². The van der Waals surface area contributed by atoms with E-state index in [-0.39, 0.29) is 12.4 Å². The van der Waals surface area contributed by atoms with Crippen LogP contribution in [-0.2, 0) is 14.3 Å². The highest BCUT2D eigenvalue weighted by molar-refractivity contribution is 5.89. The van der Waals surface area contributed by atoms with Crippen molar-refractivity contribution in [1.82, 2.24) is 0 Å². The molecule has 1 unspecified atom stereocenters. The van der Waals surface area contributed by atoms with E-state index in [2.05, 4.69) is 13.8 Å². The number of benzene rings is 1. The molecule has 1 aromatic rings. The molecule has 0 saturated carbocycles. The Morgan fingerprint density at radius 2 is 1.88 bits per heavy atom. The molecular weight excluding hydrogens is 304 g/mol. The Morgan fingerprint density at radius 1 is 1.17 bits per heavy atom. The van der Waals surface area contributed by atoms with E-state index >= 15 is 0 Å². The number of unbranched alkanes of at least 4 members (excludes halogenated alkanes) is 1. The minimum absolute atomic E-state index is 0.178. The minimum atomic E-state index is -0.521. The number of hydrogen-bond donors (Lipinski definition) is 0. The SMILES string of the molecule is CCCCC(CC)COc1ccc(/C=C/C(=O)OCC(C)=O)cc1. The fraction of sp³-hybridized carbons (Fsp3) is 0.500. The van der Waals surface area contributed by atoms with Gasteiger partial charge in [0.25, 0.3) is 0 Å². The van der Waals surface area contributed by atoms with Crippen molar-refractivity contribution < 1.29 is 19.1 Å². The molecule has 24 heavy (non-hydrogen) atoms. The first-order valence-corrected chi connectivity index (χ1v) is 8.62. The molecule has 0 radical (unpaired) electrons. The maximum Gasteiger partial charge on any atom is 0.331 e. The normalized spacial score (nSPS) is 12.1. The van der Waals surface area contributed by atoms with E-state index in [1.165, 1.54) is 32.3 Å². The molecule has 0 amide bonds. The van der Waals surface area contributed by atoms with Gasteiger partial charge in [-0.3, -0.25) is 4.79 Å². The van der Waals surface area contributed by atoms with E-state index in [0.717, 1.165) is 24.3 Å². The molecule has 4 nitrogen and oxygen atoms in total. The number of ether oxygens (including phenoxy) is 2. The third kappa shape index (κ3) is 8.51. The van der Waals surface area contributed by atoms with Gasteiger partial charge in [0.15, 0.2) is 5.78 Å². The third-order valence-electron chi connectivity index (χ3n) is 3.74. The molecule has 0 aliphatic carbocycles. The van der Waals surface area contributed by atoms with Gasteiger partial charge >= 0.3 is 5.97 Å². The summed E-state index contributed by atoms with van der Waals surface area (Å²) in [5.74, 6) is 0.733. The molecule has 0 aliphatic heterocycles. The summed E-state index contributed by atoms with van der Waals surface area (Å²) in [4.78, 5) is 22.1. The lowest BCUT2D eigenvalue weighted by Gasteiger charge is -2.15. The molecule has 0 saturated heterocycles. The van der Waals surface area contributed by atoms with E-state index < -0.39 is 5.97 Å². The second-order valence-electron chi connectivity index (χ2n) is 5.94. The summed E-state index contributed by atoms with van der Waals surface area (Å²) in [6, 6.07) is 7.56. The van der Waals surface area contributed by atoms with Crippen molar-refractivity contribution in [2.75, 3.05) is 13.2 Å². The summed E-state index contributed by atoms with van der Waals surface area (Å²) < 4.78 is 10.6. The number of hydrogen-bond acceptors (Lipinski definition) is 4. The zero-order valence-electron chi connectivity index (χ0n) is 14.9. The summed E-state index contributed by atoms with van der Waals surface area (Å²) in [5, 5.41) is 0. The Morgan fingerprint density at radius 3 is 2.46 bits per heavy atom. The molecule has 0 aromatic heterocycles. The van der Waals surface area contributed by atoms with Crippen LogP contribution < -0.4 is 4.74 Å². The van der Waals surface area contributed by atoms with Crippen LogP contribution in [0.15, 0.2) is 30.3 Å². The molecular formula is C20H28O4. The highest BCUT2D eigenvalue weighted by atomic mass is 16.5. The fourth-order valence-electron chi connectivity index (χ4n) is 2.17. The van der Waals surface area contributed by atoms with Crippen LogP contribution in [0.1, 0.15) is 52.0 Å². The first-order valence-electron chi connectivity index (χ1n) is 8.62. The van der Waals surface area contributed by atoms with Crippen LogP contribution in [0.5, 0.6) is 5.75 Å². The maximum absolute atomic E-state index is 11.4. The molecule has 0 fully saturated rings. The second-order valence-corrected chi connectivity index (χ2v) is 5.94. The van der Waals surface area contributed by atoms with Crippen LogP contribution in [0.4, 0.5) is 0 Å². The lowest BCUT2D eigenvalue weighted by atomic mass is 10.0. The van der Waals surface area contributed by atoms with E-state index in [9.17, 15) is 9.59 Å². The van der Waals surface area contributed by atoms with Crippen LogP contribution in [0.3, 0.4) is 0 Å². The summed E-state index contributed by atoms with van der Waals surface area (Å²) >= 11 is 0. The van der Waals surface area contributed by atoms with Gasteiger partial charge in [-0.15, -0.1) is 0 Å². The predicted molar refractivity (Wildman–Crippen MR) is 95.9 cm³/mol. The molecule has 4 heteroatoms. The van der Waals surface area contributed by atoms with Gasteiger partial charge in [-0.2, -0.15) is 0 Å². The first-order chi connectivity index (χ1) is 11.5. The quantitative estimate of drug-likeness (QED) is 0.444. The van der Waals surface area contributed by atoms with Gasteiger partial charge in [-0.1, -0.05) is 45.2 Å². The van der Waals surface area contributed by atoms with Crippen molar-refractivity contribution in [3.8, 4) is 5.75 Å². The van der Waals surface area contributed by atoms with Gasteiger partial charge in [0, 0.05) is 6.08 Å². The third-order valence-corrected chi connectivity index (χ3v) is 3.74. The average Bonchev–Trinajstić information content (AvgIpc) is 2.59. The average molecular weight is 332 g/mol. The lowest BCUT2D eigenvalue weighted by Crippen LogP contribution is -2.11. The molecule has 0 aliphatic rings. The summed E-state index contributed by atoms with van der Waals surface area (Å²) in [7, 11) is 0. The van der Waals surface area contributed by atoms with Crippen LogP contribution in [0.2, 0.25) is 0 Å². The second kappa shape index (κ2) is 11.4. The summed E-state index contributed by atoms with van der Waals surface area (Å²) in [5.41, 5.74) is 0.875. The van der Waals surface area contributed by atoms with Crippen LogP contribution in [0.25, 0.3) is 6.08 Å². The van der Waals surface area contributed by atoms with Crippen LogP contribution in [0, 0.1) is 5.92 Å². The van der Waals surface area contributed by atoms with Gasteiger partial charge < -0.3 is 9.47 Å². The Bertz CT molecular complexity index is 531. The van der Waals surface area contributed by atoms with Crippen molar-refractivity contribution in [3.05, 3.63) is 35.9 Å². The standard InChI is InChI=1S/C20H28O4/c1-4-6-7-17(5-2)15-23-19-11-8-18(9-12-19)10-13-20(22)24-14-16(3)21/h8-13,17H,4-7,14-15H2,1-3H3/b13-10+. The molecule has 0 spiro atoms. The monoisotopic (exact) mass is 332 g/mol. The highest BCUT2D eigenvalue weighted by Crippen LogP contribution is 2.17. The van der Waals surface area contributed by atoms with Crippen molar-refractivity contribution in [1.29, 1.82) is 0 Å². The first kappa shape index (κ1) is 19.9. The number of ketones is 1. The largest absolute Gasteiger partial charge is 0.493 e. The number of esters is 1. The molecule has 0 heterocycles. The lowest BCUT2D eigenvalue weighted by molar-refractivity contribution is -0.142. The zero-order chi connectivity index (χ0) is 17.8. The number of carbonyl (C=O) groups is 2. The van der Waals surface area contributed by atoms with Crippen molar-refractivity contribution >= 4 is 17.8 Å². The molecule has 1 atom stereocenters. The summed E-state index contributed by atoms with van der Waals surface area (Å²) in [6.45, 7) is 6.33. The molecule has 1 aromatic carbocycles. The topological polar surface area (TPSA) is 52.6 Å². The van der Waals surface area contributed by atoms with E-state index in [4.69, 9.17) is 9.47 Å². The van der Waals surface area contributed by atoms with Crippen LogP contribution >= 0.6 is 0 Å². The van der Waals surface area contributed by atoms with Gasteiger partial charge in [0.05, 0.1) is 6.61 Å². The minimum Gasteiger partial charge on any atom is -0.493 e. The van der Waals surface area contributed by atoms with Gasteiger partial charge in [0.1, 0.15) is 12.4 Å². The summed E-state index contributed by atoms with van der Waals surface area (Å²) in [6.07, 6.45) is 7.76. The fourth-order valence-corrected chi connectivity index (χ4v) is 2.17. The van der Waals surface area contributed by atoms with Crippen LogP contribution in [-0.4, -0.2) is 25.0 Å². The Kier molecular flexibility index (Phi) is 9.51. The Balaban J connectivity index is 2.44. The molecule has 1 rings (SSSR count). The maximum atomic E-state index is 11.4. The number of rotatable bonds is 11. The molecule has 132 valence electrons. The zero-order valence-corrected chi connectivity index (χ0v) is 14.9. The van der Waals surface area contributed by atoms with Gasteiger partial charge in [-0.05, 0) is 43.0 Å². The highest BCUT2D eigenvalue weighted by Gasteiger charge is 2.06. The molecule has 0 bridgehead atoms. The molecule has 0 N–H and O–H groups in total. The van der Waals surface area contributed by atoms with E-state index in [1.54, 1.807) is 6.08 Å². The van der Waals surface area contributed by atoms with Crippen molar-refractivity contribution in [2.45, 2.75) is 46.5 Å². The Labute approximate surface area is 144 Å². The van der Waals surface area contributed by atoms with Crippen molar-refractivity contribution in [2.24, 2.45) is 5.92 Å². The number of Topliss-reactive ketones (excluding diaryl/α,β-unsaturated/α-hetero) is 1. The predicted octanol–water partition coefficient (Wildman–Crippen LogP) is 4.43. The van der Waals surface area contributed by atoms with Gasteiger partial charge in [0.2, 0.25) is 0 Å². The number of carbonyl (C=O) groups excluding carboxylic acids is 2.